The van der Waals surface area contributed by atoms with Crippen molar-refractivity contribution in [2.45, 2.75) is 93.0 Å². The number of nitrogens with one attached hydrogen (secondary N) is 1. The number of benzene rings is 2. The zero-order valence-electron chi connectivity index (χ0n) is 33.0. The van der Waals surface area contributed by atoms with Crippen LogP contribution in [0.3, 0.4) is 0 Å². The van der Waals surface area contributed by atoms with Crippen molar-refractivity contribution in [2.75, 3.05) is 47.1 Å². The molecule has 1 saturated heterocycles. The molecular weight excluding hydrogens is 656 g/mol. The Morgan fingerprint density at radius 1 is 0.769 bits per heavy atom. The topological polar surface area (TPSA) is 107 Å². The number of hydrogen-bond acceptors (Lipinski definition) is 7. The normalized spacial score (nSPS) is 14.4. The van der Waals surface area contributed by atoms with Gasteiger partial charge in [-0.25, -0.2) is 4.79 Å². The van der Waals surface area contributed by atoms with E-state index in [0.717, 1.165) is 45.2 Å². The predicted molar refractivity (Wildman–Crippen MR) is 211 cm³/mol. The Morgan fingerprint density at radius 3 is 1.73 bits per heavy atom. The molecule has 1 heterocycles. The van der Waals surface area contributed by atoms with Gasteiger partial charge in [-0.1, -0.05) is 41.4 Å². The molecule has 1 atom stereocenters. The highest BCUT2D eigenvalue weighted by Gasteiger charge is 2.23. The lowest BCUT2D eigenvalue weighted by Gasteiger charge is -2.23. The average molecular weight is 719 g/mol. The number of carbonyl (C=O) groups is 2. The first-order chi connectivity index (χ1) is 24.9. The number of likely N-dealkylation sites (N-methyl/N-ethyl adjacent to an activating group) is 1. The molecule has 0 spiro atoms. The number of aromatic carboxylic acids is 1. The number of hydrogen-bond donors (Lipinski definition) is 2. The van der Waals surface area contributed by atoms with Gasteiger partial charge in [-0.2, -0.15) is 0 Å². The zero-order valence-corrected chi connectivity index (χ0v) is 33.0. The van der Waals surface area contributed by atoms with Gasteiger partial charge in [0, 0.05) is 18.2 Å². The largest absolute Gasteiger partial charge is 0.493 e. The maximum Gasteiger partial charge on any atom is 0.335 e. The first-order valence-corrected chi connectivity index (χ1v) is 18.3. The standard InChI is InChI=1S/C25H38N2O3.C18H24O4/c1-6-27-15-8-11-22(27)18-26-25(28)21-12-13-23(29-5)24(17-21)30-16-14-20(4)10-7-9-19(2)3;1-13(2)6-5-7-14(3)10-11-22-17-12-15(18(19)20)8-9-16(17)21-4/h9,12-14,17,22H,6-8,10-11,15-16,18H2,1-5H3,(H,26,28);6,8-10,12H,5,7,11H2,1-4H3,(H,19,20). The van der Waals surface area contributed by atoms with Crippen LogP contribution in [0.25, 0.3) is 0 Å². The van der Waals surface area contributed by atoms with Crippen LogP contribution in [0.5, 0.6) is 23.0 Å². The van der Waals surface area contributed by atoms with Crippen molar-refractivity contribution in [1.29, 1.82) is 0 Å². The number of carbonyl (C=O) groups excluding carboxylic acids is 1. The van der Waals surface area contributed by atoms with Crippen LogP contribution in [-0.4, -0.2) is 75.0 Å². The Kier molecular flexibility index (Phi) is 20.0. The third-order valence-electron chi connectivity index (χ3n) is 8.76. The van der Waals surface area contributed by atoms with Crippen molar-refractivity contribution < 1.29 is 33.6 Å². The SMILES string of the molecule is CCN1CCCC1CNC(=O)c1ccc(OC)c(OCC=C(C)CCC=C(C)C)c1.COc1ccc(C(=O)O)cc1OCC=C(C)CCC=C(C)C. The van der Waals surface area contributed by atoms with Crippen LogP contribution in [0.15, 0.2) is 83.0 Å². The van der Waals surface area contributed by atoms with Gasteiger partial charge in [0.1, 0.15) is 13.2 Å². The average Bonchev–Trinajstić information content (AvgIpc) is 3.58. The fourth-order valence-electron chi connectivity index (χ4n) is 5.64. The van der Waals surface area contributed by atoms with Crippen LogP contribution in [-0.2, 0) is 0 Å². The molecule has 1 aliphatic rings. The van der Waals surface area contributed by atoms with Crippen molar-refractivity contribution in [3.05, 3.63) is 94.1 Å². The van der Waals surface area contributed by atoms with Gasteiger partial charge >= 0.3 is 5.97 Å². The number of methoxy groups -OCH3 is 2. The first-order valence-electron chi connectivity index (χ1n) is 18.3. The number of amides is 1. The summed E-state index contributed by atoms with van der Waals surface area (Å²) >= 11 is 0. The fourth-order valence-corrected chi connectivity index (χ4v) is 5.64. The van der Waals surface area contributed by atoms with Gasteiger partial charge in [0.15, 0.2) is 23.0 Å². The third kappa shape index (κ3) is 16.2. The highest BCUT2D eigenvalue weighted by Crippen LogP contribution is 2.29. The van der Waals surface area contributed by atoms with E-state index < -0.39 is 5.97 Å². The van der Waals surface area contributed by atoms with E-state index in [2.05, 4.69) is 76.9 Å². The lowest BCUT2D eigenvalue weighted by Crippen LogP contribution is -2.40. The summed E-state index contributed by atoms with van der Waals surface area (Å²) in [6.45, 7) is 18.4. The van der Waals surface area contributed by atoms with Crippen LogP contribution in [0.1, 0.15) is 108 Å². The molecule has 0 bridgehead atoms. The van der Waals surface area contributed by atoms with E-state index in [1.54, 1.807) is 31.4 Å². The number of ether oxygens (including phenoxy) is 4. The summed E-state index contributed by atoms with van der Waals surface area (Å²) in [5.41, 5.74) is 5.97. The second-order valence-electron chi connectivity index (χ2n) is 13.5. The summed E-state index contributed by atoms with van der Waals surface area (Å²) in [5.74, 6) is 1.14. The van der Waals surface area contributed by atoms with Crippen molar-refractivity contribution in [3.63, 3.8) is 0 Å². The molecule has 3 rings (SSSR count). The van der Waals surface area contributed by atoms with Crippen molar-refractivity contribution in [2.24, 2.45) is 0 Å². The highest BCUT2D eigenvalue weighted by atomic mass is 16.5. The van der Waals surface area contributed by atoms with E-state index in [0.29, 0.717) is 54.4 Å². The second-order valence-corrected chi connectivity index (χ2v) is 13.5. The molecule has 0 aromatic heterocycles. The molecule has 2 N–H and O–H groups in total. The zero-order chi connectivity index (χ0) is 38.5. The Labute approximate surface area is 312 Å². The molecule has 1 amide bonds. The van der Waals surface area contributed by atoms with Crippen molar-refractivity contribution in [1.82, 2.24) is 10.2 Å². The quantitative estimate of drug-likeness (QED) is 0.138. The monoisotopic (exact) mass is 718 g/mol. The Bertz CT molecular complexity index is 1550. The predicted octanol–water partition coefficient (Wildman–Crippen LogP) is 9.45. The Hall–Kier alpha value is -4.50. The molecule has 9 nitrogen and oxygen atoms in total. The highest BCUT2D eigenvalue weighted by molar-refractivity contribution is 5.95. The molecule has 0 aliphatic carbocycles. The van der Waals surface area contributed by atoms with Crippen LogP contribution in [0.2, 0.25) is 0 Å². The van der Waals surface area contributed by atoms with Crippen LogP contribution < -0.4 is 24.3 Å². The van der Waals surface area contributed by atoms with Gasteiger partial charge in [0.2, 0.25) is 0 Å². The number of carboxylic acid groups (broad SMARTS) is 1. The van der Waals surface area contributed by atoms with Gasteiger partial charge in [0.25, 0.3) is 5.91 Å². The van der Waals surface area contributed by atoms with Gasteiger partial charge in [-0.05, 0) is 142 Å². The second kappa shape index (κ2) is 23.9. The molecular formula is C43H62N2O7. The van der Waals surface area contributed by atoms with E-state index >= 15 is 0 Å². The number of likely N-dealkylation sites (tertiary alicyclic amines) is 1. The molecule has 286 valence electrons. The molecule has 2 aromatic carbocycles. The number of carboxylic acids is 1. The summed E-state index contributed by atoms with van der Waals surface area (Å²) in [7, 11) is 3.14. The summed E-state index contributed by atoms with van der Waals surface area (Å²) in [6, 6.07) is 10.4. The molecule has 9 heteroatoms. The minimum atomic E-state index is -0.985. The Morgan fingerprint density at radius 2 is 1.27 bits per heavy atom. The molecule has 1 unspecified atom stereocenters. The summed E-state index contributed by atoms with van der Waals surface area (Å²) in [6.07, 6.45) is 15.0. The first kappa shape index (κ1) is 43.7. The molecule has 0 saturated carbocycles. The number of allylic oxidation sites excluding steroid dienone is 6. The summed E-state index contributed by atoms with van der Waals surface area (Å²) in [4.78, 5) is 26.1. The van der Waals surface area contributed by atoms with Gasteiger partial charge < -0.3 is 29.4 Å². The summed E-state index contributed by atoms with van der Waals surface area (Å²) in [5, 5.41) is 12.1. The lowest BCUT2D eigenvalue weighted by molar-refractivity contribution is 0.0696. The Balaban J connectivity index is 0.000000378. The van der Waals surface area contributed by atoms with Gasteiger partial charge in [-0.15, -0.1) is 0 Å². The van der Waals surface area contributed by atoms with Crippen LogP contribution >= 0.6 is 0 Å². The lowest BCUT2D eigenvalue weighted by atomic mass is 10.1. The molecule has 0 radical (unpaired) electrons. The van der Waals surface area contributed by atoms with E-state index in [1.165, 1.54) is 48.0 Å². The maximum atomic E-state index is 12.7. The van der Waals surface area contributed by atoms with Crippen molar-refractivity contribution >= 4 is 11.9 Å². The van der Waals surface area contributed by atoms with E-state index in [4.69, 9.17) is 24.1 Å². The van der Waals surface area contributed by atoms with Crippen molar-refractivity contribution in [3.8, 4) is 23.0 Å². The molecule has 1 aliphatic heterocycles. The minimum absolute atomic E-state index is 0.0705. The minimum Gasteiger partial charge on any atom is -0.493 e. The van der Waals surface area contributed by atoms with Gasteiger partial charge in [-0.3, -0.25) is 9.69 Å². The smallest absolute Gasteiger partial charge is 0.335 e. The molecule has 52 heavy (non-hydrogen) atoms. The maximum absolute atomic E-state index is 12.7. The van der Waals surface area contributed by atoms with Gasteiger partial charge in [0.05, 0.1) is 19.8 Å². The summed E-state index contributed by atoms with van der Waals surface area (Å²) < 4.78 is 22.2. The molecule has 2 aromatic rings. The van der Waals surface area contributed by atoms with Crippen LogP contribution in [0, 0.1) is 0 Å². The fraction of sp³-hybridized carbons (Fsp3) is 0.488. The van der Waals surface area contributed by atoms with E-state index in [-0.39, 0.29) is 11.5 Å². The van der Waals surface area contributed by atoms with Crippen LogP contribution in [0.4, 0.5) is 0 Å². The number of nitrogens with zero attached hydrogens (tertiary/aromatic N) is 1. The van der Waals surface area contributed by atoms with E-state index in [1.807, 2.05) is 6.08 Å². The van der Waals surface area contributed by atoms with E-state index in [9.17, 15) is 9.59 Å². The third-order valence-corrected chi connectivity index (χ3v) is 8.76. The number of rotatable bonds is 19. The molecule has 1 fully saturated rings.